The van der Waals surface area contributed by atoms with Gasteiger partial charge < -0.3 is 0 Å². The van der Waals surface area contributed by atoms with Gasteiger partial charge in [-0.1, -0.05) is 39.7 Å². The monoisotopic (exact) mass is 361 g/mol. The Morgan fingerprint density at radius 3 is 2.48 bits per heavy atom. The fourth-order valence-electron chi connectivity index (χ4n) is 1.53. The molecule has 0 spiro atoms. The summed E-state index contributed by atoms with van der Waals surface area (Å²) in [6, 6.07) is 15.4. The zero-order chi connectivity index (χ0) is 15.2. The number of anilines is 1. The number of rotatable bonds is 4. The van der Waals surface area contributed by atoms with Crippen LogP contribution in [0.1, 0.15) is 10.4 Å². The molecule has 0 aliphatic carbocycles. The Hall–Kier alpha value is -2.16. The number of carbonyl (C=O) groups excluding carboxylic acids is 1. The highest BCUT2D eigenvalue weighted by Crippen LogP contribution is 2.20. The third kappa shape index (κ3) is 3.91. The summed E-state index contributed by atoms with van der Waals surface area (Å²) in [4.78, 5) is 12.2. The summed E-state index contributed by atoms with van der Waals surface area (Å²) in [7, 11) is 0. The average Bonchev–Trinajstić information content (AvgIpc) is 2.50. The minimum atomic E-state index is -0.454. The van der Waals surface area contributed by atoms with Crippen LogP contribution in [0.4, 0.5) is 5.69 Å². The van der Waals surface area contributed by atoms with E-state index in [4.69, 9.17) is 16.9 Å². The first-order valence-corrected chi connectivity index (χ1v) is 7.07. The summed E-state index contributed by atoms with van der Waals surface area (Å²) in [5.74, 6) is -0.454. The lowest BCUT2D eigenvalue weighted by Crippen LogP contribution is -2.14. The first kappa shape index (κ1) is 15.2. The number of nitriles is 1. The molecule has 21 heavy (non-hydrogen) atoms. The van der Waals surface area contributed by atoms with E-state index in [1.54, 1.807) is 54.6 Å². The Morgan fingerprint density at radius 1 is 1.19 bits per heavy atom. The molecular weight excluding hydrogens is 354 g/mol. The van der Waals surface area contributed by atoms with Gasteiger partial charge in [-0.3, -0.25) is 10.2 Å². The maximum Gasteiger partial charge on any atom is 0.223 e. The second-order valence-corrected chi connectivity index (χ2v) is 5.32. The highest BCUT2D eigenvalue weighted by Gasteiger charge is 2.14. The molecule has 0 aromatic heterocycles. The van der Waals surface area contributed by atoms with Crippen LogP contribution in [0.3, 0.4) is 0 Å². The summed E-state index contributed by atoms with van der Waals surface area (Å²) in [6.45, 7) is 0. The van der Waals surface area contributed by atoms with E-state index in [-0.39, 0.29) is 5.71 Å². The normalized spacial score (nSPS) is 10.8. The van der Waals surface area contributed by atoms with Crippen molar-refractivity contribution >= 4 is 44.7 Å². The molecule has 0 radical (unpaired) electrons. The first-order valence-electron chi connectivity index (χ1n) is 5.90. The number of halogens is 2. The van der Waals surface area contributed by atoms with Gasteiger partial charge in [-0.2, -0.15) is 10.4 Å². The molecule has 2 aromatic carbocycles. The van der Waals surface area contributed by atoms with E-state index in [1.165, 1.54) is 0 Å². The molecule has 2 rings (SSSR count). The van der Waals surface area contributed by atoms with Crippen LogP contribution in [0.25, 0.3) is 0 Å². The van der Waals surface area contributed by atoms with E-state index in [1.807, 2.05) is 0 Å². The van der Waals surface area contributed by atoms with Gasteiger partial charge in [0, 0.05) is 10.0 Å². The molecule has 0 unspecified atom stereocenters. The van der Waals surface area contributed by atoms with Crippen molar-refractivity contribution in [2.75, 3.05) is 5.43 Å². The summed E-state index contributed by atoms with van der Waals surface area (Å²) >= 11 is 9.24. The summed E-state index contributed by atoms with van der Waals surface area (Å²) in [6.07, 6.45) is 0. The fourth-order valence-corrected chi connectivity index (χ4v) is 1.97. The van der Waals surface area contributed by atoms with Crippen molar-refractivity contribution in [2.24, 2.45) is 5.10 Å². The lowest BCUT2D eigenvalue weighted by atomic mass is 10.1. The number of hydrogen-bond donors (Lipinski definition) is 1. The zero-order valence-electron chi connectivity index (χ0n) is 10.7. The van der Waals surface area contributed by atoms with Crippen molar-refractivity contribution < 1.29 is 4.79 Å². The second kappa shape index (κ2) is 7.02. The Kier molecular flexibility index (Phi) is 5.09. The Bertz CT molecular complexity index is 735. The zero-order valence-corrected chi connectivity index (χ0v) is 13.0. The molecular formula is C15H9BrClN3O. The molecule has 6 heteroatoms. The molecule has 0 saturated carbocycles. The highest BCUT2D eigenvalue weighted by molar-refractivity contribution is 9.10. The fraction of sp³-hybridized carbons (Fsp3) is 0. The van der Waals surface area contributed by atoms with Gasteiger partial charge in [0.1, 0.15) is 6.07 Å². The van der Waals surface area contributed by atoms with Gasteiger partial charge in [-0.05, 0) is 36.4 Å². The number of benzene rings is 2. The molecule has 2 aromatic rings. The van der Waals surface area contributed by atoms with Crippen LogP contribution in [-0.4, -0.2) is 11.5 Å². The van der Waals surface area contributed by atoms with Gasteiger partial charge in [0.25, 0.3) is 0 Å². The number of nitrogens with one attached hydrogen (secondary N) is 1. The summed E-state index contributed by atoms with van der Waals surface area (Å²) in [5, 5.41) is 13.4. The van der Waals surface area contributed by atoms with Gasteiger partial charge in [0.05, 0.1) is 10.7 Å². The van der Waals surface area contributed by atoms with Gasteiger partial charge in [-0.15, -0.1) is 0 Å². The van der Waals surface area contributed by atoms with E-state index in [2.05, 4.69) is 26.5 Å². The molecule has 0 aliphatic heterocycles. The van der Waals surface area contributed by atoms with Crippen LogP contribution in [0.5, 0.6) is 0 Å². The molecule has 0 atom stereocenters. The molecule has 0 saturated heterocycles. The number of Topliss-reactive ketones (excluding diaryl/α,β-unsaturated/α-hetero) is 1. The van der Waals surface area contributed by atoms with Crippen LogP contribution >= 0.6 is 27.5 Å². The minimum absolute atomic E-state index is 0.239. The van der Waals surface area contributed by atoms with Gasteiger partial charge >= 0.3 is 0 Å². The number of carbonyl (C=O) groups is 1. The predicted octanol–water partition coefficient (Wildman–Crippen LogP) is 4.28. The molecule has 0 aliphatic rings. The number of hydrogen-bond acceptors (Lipinski definition) is 4. The number of ketones is 1. The van der Waals surface area contributed by atoms with Crippen LogP contribution in [-0.2, 0) is 0 Å². The smallest absolute Gasteiger partial charge is 0.223 e. The molecule has 1 N–H and O–H groups in total. The Morgan fingerprint density at radius 2 is 1.86 bits per heavy atom. The van der Waals surface area contributed by atoms with Crippen molar-refractivity contribution in [2.45, 2.75) is 0 Å². The van der Waals surface area contributed by atoms with Crippen molar-refractivity contribution in [1.82, 2.24) is 0 Å². The molecule has 0 fully saturated rings. The maximum atomic E-state index is 12.2. The summed E-state index contributed by atoms with van der Waals surface area (Å²) < 4.78 is 0.851. The highest BCUT2D eigenvalue weighted by atomic mass is 79.9. The van der Waals surface area contributed by atoms with Crippen molar-refractivity contribution in [3.05, 3.63) is 63.6 Å². The molecule has 0 amide bonds. The largest absolute Gasteiger partial charge is 0.286 e. The van der Waals surface area contributed by atoms with E-state index < -0.39 is 5.78 Å². The minimum Gasteiger partial charge on any atom is -0.286 e. The number of hydrazone groups is 1. The van der Waals surface area contributed by atoms with Crippen LogP contribution < -0.4 is 5.43 Å². The third-order valence-electron chi connectivity index (χ3n) is 2.59. The maximum absolute atomic E-state index is 12.2. The third-order valence-corrected chi connectivity index (χ3v) is 3.45. The van der Waals surface area contributed by atoms with E-state index in [0.29, 0.717) is 16.3 Å². The van der Waals surface area contributed by atoms with Gasteiger partial charge in [-0.25, -0.2) is 0 Å². The van der Waals surface area contributed by atoms with Gasteiger partial charge in [0.2, 0.25) is 11.5 Å². The first-order chi connectivity index (χ1) is 10.1. The second-order valence-electron chi connectivity index (χ2n) is 4.00. The quantitative estimate of drug-likeness (QED) is 0.501. The average molecular weight is 363 g/mol. The van der Waals surface area contributed by atoms with Gasteiger partial charge in [0.15, 0.2) is 0 Å². The topological polar surface area (TPSA) is 65.2 Å². The molecule has 0 heterocycles. The van der Waals surface area contributed by atoms with E-state index in [9.17, 15) is 4.79 Å². The number of nitrogens with zero attached hydrogens (tertiary/aromatic N) is 2. The standard InChI is InChI=1S/C15H9BrClN3O/c16-11-7-5-10(6-8-11)15(21)14(9-18)20-19-13-4-2-1-3-12(13)17/h1-8,19H. The van der Waals surface area contributed by atoms with Crippen LogP contribution in [0.2, 0.25) is 5.02 Å². The summed E-state index contributed by atoms with van der Waals surface area (Å²) in [5.41, 5.74) is 3.30. The van der Waals surface area contributed by atoms with Crippen molar-refractivity contribution in [1.29, 1.82) is 5.26 Å². The van der Waals surface area contributed by atoms with E-state index >= 15 is 0 Å². The molecule has 104 valence electrons. The van der Waals surface area contributed by atoms with Crippen LogP contribution in [0.15, 0.2) is 58.1 Å². The molecule has 4 nitrogen and oxygen atoms in total. The predicted molar refractivity (Wildman–Crippen MR) is 86.6 cm³/mol. The van der Waals surface area contributed by atoms with Crippen molar-refractivity contribution in [3.63, 3.8) is 0 Å². The lowest BCUT2D eigenvalue weighted by molar-refractivity contribution is 0.106. The Balaban J connectivity index is 2.21. The Labute approximate surface area is 135 Å². The van der Waals surface area contributed by atoms with Crippen molar-refractivity contribution in [3.8, 4) is 6.07 Å². The molecule has 0 bridgehead atoms. The number of para-hydroxylation sites is 1. The van der Waals surface area contributed by atoms with E-state index in [0.717, 1.165) is 4.47 Å². The lowest BCUT2D eigenvalue weighted by Gasteiger charge is -2.03. The van der Waals surface area contributed by atoms with Crippen LogP contribution in [0, 0.1) is 11.3 Å². The SMILES string of the molecule is N#CC(=NNc1ccccc1Cl)C(=O)c1ccc(Br)cc1.